The molecule has 12 rings (SSSR count). The first-order chi connectivity index (χ1) is 31.2. The van der Waals surface area contributed by atoms with Crippen LogP contribution < -0.4 is 0 Å². The molecule has 0 N–H and O–H groups in total. The highest BCUT2D eigenvalue weighted by atomic mass is 32.1. The van der Waals surface area contributed by atoms with Gasteiger partial charge in [0.05, 0.1) is 11.4 Å². The maximum Gasteiger partial charge on any atom is 0.160 e. The molecule has 2 heterocycles. The molecule has 294 valence electrons. The predicted molar refractivity (Wildman–Crippen MR) is 268 cm³/mol. The second-order valence-electron chi connectivity index (χ2n) is 16.1. The number of hydrogen-bond acceptors (Lipinski definition) is 3. The van der Waals surface area contributed by atoms with E-state index in [4.69, 9.17) is 9.97 Å². The number of hydrogen-bond donors (Lipinski definition) is 0. The van der Waals surface area contributed by atoms with Crippen molar-refractivity contribution in [2.75, 3.05) is 0 Å². The van der Waals surface area contributed by atoms with Crippen LogP contribution in [0.1, 0.15) is 0 Å². The van der Waals surface area contributed by atoms with E-state index in [2.05, 4.69) is 212 Å². The van der Waals surface area contributed by atoms with Crippen molar-refractivity contribution >= 4 is 53.7 Å². The Bertz CT molecular complexity index is 3600. The fourth-order valence-electron chi connectivity index (χ4n) is 9.22. The van der Waals surface area contributed by atoms with E-state index < -0.39 is 0 Å². The summed E-state index contributed by atoms with van der Waals surface area (Å²) in [7, 11) is 0. The summed E-state index contributed by atoms with van der Waals surface area (Å²) >= 11 is 1.83. The molecule has 0 aliphatic carbocycles. The minimum atomic E-state index is 0.709. The smallest absolute Gasteiger partial charge is 0.160 e. The van der Waals surface area contributed by atoms with Gasteiger partial charge in [0, 0.05) is 26.3 Å². The molecular weight excluding hydrogens is 781 g/mol. The van der Waals surface area contributed by atoms with Crippen LogP contribution in [0.4, 0.5) is 0 Å². The molecule has 0 aliphatic heterocycles. The van der Waals surface area contributed by atoms with Gasteiger partial charge in [0.15, 0.2) is 5.82 Å². The van der Waals surface area contributed by atoms with Gasteiger partial charge in [-0.05, 0) is 94.8 Å². The molecule has 2 aromatic heterocycles. The molecule has 0 fully saturated rings. The van der Waals surface area contributed by atoms with Crippen molar-refractivity contribution in [2.24, 2.45) is 0 Å². The van der Waals surface area contributed by atoms with E-state index in [1.165, 1.54) is 75.1 Å². The lowest BCUT2D eigenvalue weighted by Gasteiger charge is -2.19. The molecule has 0 saturated heterocycles. The van der Waals surface area contributed by atoms with Crippen molar-refractivity contribution in [1.29, 1.82) is 0 Å². The molecule has 0 saturated carbocycles. The second-order valence-corrected chi connectivity index (χ2v) is 17.2. The van der Waals surface area contributed by atoms with Crippen molar-refractivity contribution in [3.8, 4) is 77.7 Å². The second kappa shape index (κ2) is 15.5. The third-order valence-corrected chi connectivity index (χ3v) is 13.5. The van der Waals surface area contributed by atoms with E-state index in [1.54, 1.807) is 0 Å². The topological polar surface area (TPSA) is 25.8 Å². The van der Waals surface area contributed by atoms with Crippen LogP contribution in [-0.2, 0) is 0 Å². The van der Waals surface area contributed by atoms with Gasteiger partial charge in [-0.2, -0.15) is 0 Å². The number of benzene rings is 10. The van der Waals surface area contributed by atoms with Crippen molar-refractivity contribution in [1.82, 2.24) is 9.97 Å². The Morgan fingerprint density at radius 1 is 0.286 bits per heavy atom. The average molecular weight is 819 g/mol. The van der Waals surface area contributed by atoms with Gasteiger partial charge in [-0.25, -0.2) is 9.97 Å². The van der Waals surface area contributed by atoms with Crippen LogP contribution in [0.5, 0.6) is 0 Å². The molecule has 0 amide bonds. The number of nitrogens with zero attached hydrogens (tertiary/aromatic N) is 2. The van der Waals surface area contributed by atoms with Crippen LogP contribution in [-0.4, -0.2) is 9.97 Å². The zero-order valence-electron chi connectivity index (χ0n) is 34.2. The highest BCUT2D eigenvalue weighted by Crippen LogP contribution is 2.46. The van der Waals surface area contributed by atoms with Crippen LogP contribution in [0.25, 0.3) is 120 Å². The van der Waals surface area contributed by atoms with Crippen LogP contribution in [0.3, 0.4) is 0 Å². The van der Waals surface area contributed by atoms with E-state index in [0.717, 1.165) is 39.2 Å². The molecule has 2 nitrogen and oxygen atoms in total. The van der Waals surface area contributed by atoms with E-state index in [-0.39, 0.29) is 0 Å². The Hall–Kier alpha value is -7.98. The van der Waals surface area contributed by atoms with Crippen LogP contribution in [0.2, 0.25) is 0 Å². The molecule has 0 bridgehead atoms. The van der Waals surface area contributed by atoms with Crippen LogP contribution >= 0.6 is 11.3 Å². The van der Waals surface area contributed by atoms with Gasteiger partial charge in [-0.1, -0.05) is 212 Å². The summed E-state index contributed by atoms with van der Waals surface area (Å²) in [5.41, 5.74) is 13.4. The summed E-state index contributed by atoms with van der Waals surface area (Å²) in [5, 5.41) is 8.85. The van der Waals surface area contributed by atoms with E-state index >= 15 is 0 Å². The third-order valence-electron chi connectivity index (χ3n) is 12.3. The lowest BCUT2D eigenvalue weighted by molar-refractivity contribution is 1.18. The Kier molecular flexibility index (Phi) is 9.06. The number of fused-ring (bicyclic) bond motifs is 5. The minimum absolute atomic E-state index is 0.709. The Balaban J connectivity index is 0.905. The van der Waals surface area contributed by atoms with Crippen molar-refractivity contribution < 1.29 is 0 Å². The monoisotopic (exact) mass is 818 g/mol. The Morgan fingerprint density at radius 3 is 1.40 bits per heavy atom. The highest BCUT2D eigenvalue weighted by molar-refractivity contribution is 7.22. The van der Waals surface area contributed by atoms with Crippen molar-refractivity contribution in [3.05, 3.63) is 231 Å². The molecule has 3 heteroatoms. The van der Waals surface area contributed by atoms with Crippen molar-refractivity contribution in [2.45, 2.75) is 0 Å². The van der Waals surface area contributed by atoms with Crippen LogP contribution in [0.15, 0.2) is 231 Å². The molecule has 0 radical (unpaired) electrons. The lowest BCUT2D eigenvalue weighted by Crippen LogP contribution is -1.96. The first-order valence-corrected chi connectivity index (χ1v) is 22.2. The number of rotatable bonds is 7. The first kappa shape index (κ1) is 36.8. The van der Waals surface area contributed by atoms with Crippen molar-refractivity contribution in [3.63, 3.8) is 0 Å². The van der Waals surface area contributed by atoms with Gasteiger partial charge in [0.2, 0.25) is 0 Å². The zero-order valence-corrected chi connectivity index (χ0v) is 35.1. The van der Waals surface area contributed by atoms with Gasteiger partial charge in [-0.3, -0.25) is 0 Å². The summed E-state index contributed by atoms with van der Waals surface area (Å²) in [6.07, 6.45) is 0. The maximum absolute atomic E-state index is 5.12. The standard InChI is InChI=1S/C60H38N2S/c1-3-14-45(15-4-1)58-51-21-11-10-20-50(51)57(52-36-35-41-13-7-9-19-49(41)59(52)58)46-33-25-40(26-34-46)39-23-27-42(28-24-39)53-38-54(62-60(61-53)47-16-5-2-6-17-47)43-29-31-44(32-30-43)56-37-48-18-8-12-22-55(48)63-56/h1-38H. The van der Waals surface area contributed by atoms with E-state index in [0.29, 0.717) is 5.82 Å². The summed E-state index contributed by atoms with van der Waals surface area (Å²) < 4.78 is 1.30. The fourth-order valence-corrected chi connectivity index (χ4v) is 10.3. The molecule has 0 spiro atoms. The zero-order chi connectivity index (χ0) is 41.7. The SMILES string of the molecule is c1ccc(-c2nc(-c3ccc(-c4ccc(-c5c6ccccc6c(-c6ccccc6)c6c5ccc5ccccc56)cc4)cc3)cc(-c3ccc(-c4cc5ccccc5s4)cc3)n2)cc1. The van der Waals surface area contributed by atoms with Crippen LogP contribution in [0, 0.1) is 0 Å². The summed E-state index contributed by atoms with van der Waals surface area (Å²) in [4.78, 5) is 11.5. The molecule has 12 aromatic rings. The fraction of sp³-hybridized carbons (Fsp3) is 0. The summed E-state index contributed by atoms with van der Waals surface area (Å²) in [6, 6.07) is 83.0. The third kappa shape index (κ3) is 6.67. The predicted octanol–water partition coefficient (Wildman–Crippen LogP) is 16.8. The maximum atomic E-state index is 5.12. The highest BCUT2D eigenvalue weighted by Gasteiger charge is 2.19. The Labute approximate surface area is 370 Å². The number of thiophene rings is 1. The molecule has 0 atom stereocenters. The van der Waals surface area contributed by atoms with Gasteiger partial charge >= 0.3 is 0 Å². The molecular formula is C60H38N2S. The van der Waals surface area contributed by atoms with Gasteiger partial charge in [0.1, 0.15) is 0 Å². The summed E-state index contributed by atoms with van der Waals surface area (Å²) in [6.45, 7) is 0. The van der Waals surface area contributed by atoms with Gasteiger partial charge in [0.25, 0.3) is 0 Å². The van der Waals surface area contributed by atoms with E-state index in [9.17, 15) is 0 Å². The quantitative estimate of drug-likeness (QED) is 0.118. The Morgan fingerprint density at radius 2 is 0.762 bits per heavy atom. The lowest BCUT2D eigenvalue weighted by atomic mass is 9.84. The van der Waals surface area contributed by atoms with Gasteiger partial charge in [-0.15, -0.1) is 11.3 Å². The summed E-state index contributed by atoms with van der Waals surface area (Å²) in [5.74, 6) is 0.709. The number of aromatic nitrogens is 2. The molecule has 10 aromatic carbocycles. The molecule has 63 heavy (non-hydrogen) atoms. The first-order valence-electron chi connectivity index (χ1n) is 21.4. The normalized spacial score (nSPS) is 11.5. The van der Waals surface area contributed by atoms with E-state index in [1.807, 2.05) is 29.5 Å². The average Bonchev–Trinajstić information content (AvgIpc) is 3.81. The molecule has 0 unspecified atom stereocenters. The molecule has 0 aliphatic rings. The van der Waals surface area contributed by atoms with Gasteiger partial charge < -0.3 is 0 Å². The minimum Gasteiger partial charge on any atom is -0.228 e. The largest absolute Gasteiger partial charge is 0.228 e.